The molecule has 0 aromatic heterocycles. The normalized spacial score (nSPS) is 23.7. The lowest BCUT2D eigenvalue weighted by Gasteiger charge is -2.37. The zero-order valence-corrected chi connectivity index (χ0v) is 16.6. The summed E-state index contributed by atoms with van der Waals surface area (Å²) in [6.45, 7) is 3.99. The first-order valence-corrected chi connectivity index (χ1v) is 11.0. The number of rotatable bonds is 4. The van der Waals surface area contributed by atoms with Crippen molar-refractivity contribution in [2.75, 3.05) is 31.5 Å². The number of amides is 1. The summed E-state index contributed by atoms with van der Waals surface area (Å²) in [5, 5.41) is 3.31. The Balaban J connectivity index is 1.65. The Bertz CT molecular complexity index is 748. The molecule has 1 N–H and O–H groups in total. The topological polar surface area (TPSA) is 69.7 Å². The third-order valence-electron chi connectivity index (χ3n) is 5.28. The number of para-hydroxylation sites is 1. The molecule has 2 saturated heterocycles. The van der Waals surface area contributed by atoms with Crippen molar-refractivity contribution in [3.63, 3.8) is 0 Å². The molecule has 3 rings (SSSR count). The Hall–Kier alpha value is -1.15. The van der Waals surface area contributed by atoms with E-state index in [1.165, 1.54) is 4.31 Å². The highest BCUT2D eigenvalue weighted by atomic mass is 35.5. The van der Waals surface area contributed by atoms with E-state index in [-0.39, 0.29) is 18.4 Å². The molecule has 144 valence electrons. The summed E-state index contributed by atoms with van der Waals surface area (Å²) >= 11 is 6.09. The summed E-state index contributed by atoms with van der Waals surface area (Å²) in [4.78, 5) is 12.6. The van der Waals surface area contributed by atoms with Gasteiger partial charge in [0.1, 0.15) is 0 Å². The van der Waals surface area contributed by atoms with Crippen LogP contribution in [-0.2, 0) is 15.0 Å². The van der Waals surface area contributed by atoms with E-state index in [9.17, 15) is 13.2 Å². The molecule has 0 radical (unpaired) electrons. The van der Waals surface area contributed by atoms with Gasteiger partial charge in [0.05, 0.1) is 16.6 Å². The van der Waals surface area contributed by atoms with Gasteiger partial charge in [0.2, 0.25) is 5.91 Å². The number of halogens is 1. The van der Waals surface area contributed by atoms with Gasteiger partial charge in [-0.2, -0.15) is 17.0 Å². The lowest BCUT2D eigenvalue weighted by Crippen LogP contribution is -2.51. The first-order chi connectivity index (χ1) is 12.4. The molecule has 1 amide bonds. The smallest absolute Gasteiger partial charge is 0.281 e. The maximum absolute atomic E-state index is 12.9. The van der Waals surface area contributed by atoms with Gasteiger partial charge < -0.3 is 5.32 Å². The number of benzene rings is 1. The van der Waals surface area contributed by atoms with Crippen LogP contribution in [0.15, 0.2) is 24.3 Å². The molecule has 8 heteroatoms. The van der Waals surface area contributed by atoms with Crippen molar-refractivity contribution in [3.05, 3.63) is 29.3 Å². The molecule has 1 aromatic carbocycles. The molecule has 2 aliphatic heterocycles. The number of hydrogen-bond acceptors (Lipinski definition) is 3. The van der Waals surface area contributed by atoms with Gasteiger partial charge in [-0.25, -0.2) is 0 Å². The second kappa shape index (κ2) is 8.25. The summed E-state index contributed by atoms with van der Waals surface area (Å²) in [6.07, 6.45) is 3.15. The monoisotopic (exact) mass is 399 g/mol. The molecule has 2 aliphatic rings. The molecule has 2 fully saturated rings. The van der Waals surface area contributed by atoms with Gasteiger partial charge in [-0.15, -0.1) is 0 Å². The van der Waals surface area contributed by atoms with Crippen LogP contribution >= 0.6 is 11.6 Å². The molecule has 0 saturated carbocycles. The van der Waals surface area contributed by atoms with E-state index in [1.54, 1.807) is 28.6 Å². The Morgan fingerprint density at radius 2 is 1.81 bits per heavy atom. The molecule has 0 bridgehead atoms. The van der Waals surface area contributed by atoms with E-state index >= 15 is 0 Å². The van der Waals surface area contributed by atoms with E-state index in [0.717, 1.165) is 12.8 Å². The lowest BCUT2D eigenvalue weighted by atomic mass is 9.99. The number of carbonyl (C=O) groups is 1. The summed E-state index contributed by atoms with van der Waals surface area (Å²) in [7, 11) is -3.50. The van der Waals surface area contributed by atoms with E-state index in [1.807, 2.05) is 0 Å². The van der Waals surface area contributed by atoms with Crippen LogP contribution in [0.25, 0.3) is 0 Å². The molecule has 0 spiro atoms. The fourth-order valence-corrected chi connectivity index (χ4v) is 5.45. The highest BCUT2D eigenvalue weighted by Crippen LogP contribution is 2.27. The van der Waals surface area contributed by atoms with Crippen LogP contribution in [-0.4, -0.2) is 49.1 Å². The number of anilines is 1. The van der Waals surface area contributed by atoms with Gasteiger partial charge in [-0.05, 0) is 43.7 Å². The zero-order chi connectivity index (χ0) is 18.7. The minimum absolute atomic E-state index is 0.176. The van der Waals surface area contributed by atoms with Gasteiger partial charge in [0, 0.05) is 26.2 Å². The molecular weight excluding hydrogens is 374 g/mol. The SMILES string of the molecule is CC1CCN(S(=O)(=O)N2CCCC(C(=O)Nc3ccccc3Cl)C2)CC1. The second-order valence-corrected chi connectivity index (χ2v) is 9.59. The summed E-state index contributed by atoms with van der Waals surface area (Å²) in [5.74, 6) is 0.0285. The van der Waals surface area contributed by atoms with Crippen LogP contribution in [0.3, 0.4) is 0 Å². The predicted molar refractivity (Wildman–Crippen MR) is 103 cm³/mol. The Morgan fingerprint density at radius 3 is 2.50 bits per heavy atom. The van der Waals surface area contributed by atoms with Crippen LogP contribution < -0.4 is 5.32 Å². The van der Waals surface area contributed by atoms with Crippen LogP contribution in [0.5, 0.6) is 0 Å². The highest BCUT2D eigenvalue weighted by molar-refractivity contribution is 7.86. The van der Waals surface area contributed by atoms with Gasteiger partial charge in [0.15, 0.2) is 0 Å². The van der Waals surface area contributed by atoms with Crippen LogP contribution in [0.1, 0.15) is 32.6 Å². The molecule has 0 aliphatic carbocycles. The summed E-state index contributed by atoms with van der Waals surface area (Å²) in [5.41, 5.74) is 0.559. The number of nitrogens with one attached hydrogen (secondary N) is 1. The Labute approximate surface area is 160 Å². The largest absolute Gasteiger partial charge is 0.324 e. The van der Waals surface area contributed by atoms with Crippen molar-refractivity contribution < 1.29 is 13.2 Å². The van der Waals surface area contributed by atoms with Gasteiger partial charge in [0.25, 0.3) is 10.2 Å². The van der Waals surface area contributed by atoms with Gasteiger partial charge >= 0.3 is 0 Å². The third kappa shape index (κ3) is 4.39. The van der Waals surface area contributed by atoms with E-state index in [0.29, 0.717) is 49.1 Å². The van der Waals surface area contributed by atoms with Crippen molar-refractivity contribution in [2.45, 2.75) is 32.6 Å². The molecule has 6 nitrogen and oxygen atoms in total. The van der Waals surface area contributed by atoms with Crippen molar-refractivity contribution in [2.24, 2.45) is 11.8 Å². The van der Waals surface area contributed by atoms with Crippen LogP contribution in [0.4, 0.5) is 5.69 Å². The Kier molecular flexibility index (Phi) is 6.22. The fraction of sp³-hybridized carbons (Fsp3) is 0.611. The maximum atomic E-state index is 12.9. The fourth-order valence-electron chi connectivity index (χ4n) is 3.54. The highest BCUT2D eigenvalue weighted by Gasteiger charge is 2.37. The van der Waals surface area contributed by atoms with Crippen LogP contribution in [0, 0.1) is 11.8 Å². The molecule has 1 aromatic rings. The number of hydrogen-bond donors (Lipinski definition) is 1. The van der Waals surface area contributed by atoms with Crippen molar-refractivity contribution in [1.29, 1.82) is 0 Å². The van der Waals surface area contributed by atoms with Crippen molar-refractivity contribution in [1.82, 2.24) is 8.61 Å². The van der Waals surface area contributed by atoms with Gasteiger partial charge in [-0.1, -0.05) is 30.7 Å². The molecule has 2 heterocycles. The lowest BCUT2D eigenvalue weighted by molar-refractivity contribution is -0.120. The molecule has 1 atom stereocenters. The zero-order valence-electron chi connectivity index (χ0n) is 15.0. The molecular formula is C18H26ClN3O3S. The Morgan fingerprint density at radius 1 is 1.12 bits per heavy atom. The van der Waals surface area contributed by atoms with Crippen molar-refractivity contribution >= 4 is 33.4 Å². The third-order valence-corrected chi connectivity index (χ3v) is 7.61. The second-order valence-electron chi connectivity index (χ2n) is 7.26. The average molecular weight is 400 g/mol. The number of carbonyl (C=O) groups excluding carboxylic acids is 1. The van der Waals surface area contributed by atoms with E-state index in [4.69, 9.17) is 11.6 Å². The number of piperidine rings is 2. The minimum atomic E-state index is -3.50. The maximum Gasteiger partial charge on any atom is 0.281 e. The summed E-state index contributed by atoms with van der Waals surface area (Å²) in [6, 6.07) is 7.06. The molecule has 26 heavy (non-hydrogen) atoms. The number of nitrogens with zero attached hydrogens (tertiary/aromatic N) is 2. The quantitative estimate of drug-likeness (QED) is 0.846. The van der Waals surface area contributed by atoms with E-state index < -0.39 is 10.2 Å². The minimum Gasteiger partial charge on any atom is -0.324 e. The van der Waals surface area contributed by atoms with Crippen molar-refractivity contribution in [3.8, 4) is 0 Å². The predicted octanol–water partition coefficient (Wildman–Crippen LogP) is 2.97. The average Bonchev–Trinajstić information content (AvgIpc) is 2.64. The first-order valence-electron chi connectivity index (χ1n) is 9.18. The standard InChI is InChI=1S/C18H26ClN3O3S/c1-14-8-11-21(12-9-14)26(24,25)22-10-4-5-15(13-22)18(23)20-17-7-3-2-6-16(17)19/h2-3,6-7,14-15H,4-5,8-13H2,1H3,(H,20,23). The van der Waals surface area contributed by atoms with Crippen LogP contribution in [0.2, 0.25) is 5.02 Å². The molecule has 1 unspecified atom stereocenters. The summed E-state index contributed by atoms with van der Waals surface area (Å²) < 4.78 is 28.9. The van der Waals surface area contributed by atoms with Gasteiger partial charge in [-0.3, -0.25) is 4.79 Å². The first kappa shape index (κ1) is 19.6. The van der Waals surface area contributed by atoms with E-state index in [2.05, 4.69) is 12.2 Å².